The predicted octanol–water partition coefficient (Wildman–Crippen LogP) is 3.58. The molecule has 7 nitrogen and oxygen atoms in total. The lowest BCUT2D eigenvalue weighted by atomic mass is 9.89. The van der Waals surface area contributed by atoms with E-state index in [1.165, 1.54) is 0 Å². The summed E-state index contributed by atoms with van der Waals surface area (Å²) < 4.78 is 37.6. The average molecular weight is 447 g/mol. The van der Waals surface area contributed by atoms with E-state index < -0.39 is 21.7 Å². The highest BCUT2D eigenvalue weighted by Crippen LogP contribution is 2.41. The zero-order valence-electron chi connectivity index (χ0n) is 18.8. The van der Waals surface area contributed by atoms with Gasteiger partial charge in [-0.25, -0.2) is 8.42 Å². The number of fused-ring (bicyclic) bond motifs is 1. The molecule has 1 amide bonds. The van der Waals surface area contributed by atoms with Crippen LogP contribution in [0.25, 0.3) is 0 Å². The Hall–Kier alpha value is -2.74. The van der Waals surface area contributed by atoms with Gasteiger partial charge in [-0.1, -0.05) is 17.7 Å². The number of carbonyl (C=O) groups is 1. The third kappa shape index (κ3) is 5.12. The molecule has 1 aliphatic heterocycles. The molecule has 2 atom stereocenters. The summed E-state index contributed by atoms with van der Waals surface area (Å²) in [6.07, 6.45) is 1.64. The smallest absolute Gasteiger partial charge is 0.244 e. The number of hydrogen-bond acceptors (Lipinski definition) is 5. The van der Waals surface area contributed by atoms with E-state index in [-0.39, 0.29) is 11.9 Å². The zero-order valence-corrected chi connectivity index (χ0v) is 19.6. The van der Waals surface area contributed by atoms with E-state index in [9.17, 15) is 13.2 Å². The van der Waals surface area contributed by atoms with Gasteiger partial charge in [0, 0.05) is 12.0 Å². The molecule has 0 radical (unpaired) electrons. The Morgan fingerprint density at radius 3 is 2.45 bits per heavy atom. The second-order valence-corrected chi connectivity index (χ2v) is 10.5. The van der Waals surface area contributed by atoms with Crippen LogP contribution in [0.1, 0.15) is 44.4 Å². The molecule has 0 bridgehead atoms. The van der Waals surface area contributed by atoms with Crippen LogP contribution < -0.4 is 19.1 Å². The molecule has 0 spiro atoms. The molecule has 2 unspecified atom stereocenters. The third-order valence-corrected chi connectivity index (χ3v) is 6.61. The van der Waals surface area contributed by atoms with Gasteiger partial charge in [0.2, 0.25) is 15.9 Å². The topological polar surface area (TPSA) is 84.9 Å². The molecule has 2 aromatic carbocycles. The number of ether oxygens (including phenoxy) is 2. The van der Waals surface area contributed by atoms with Crippen molar-refractivity contribution in [3.63, 3.8) is 0 Å². The van der Waals surface area contributed by atoms with Gasteiger partial charge in [-0.15, -0.1) is 0 Å². The largest absolute Gasteiger partial charge is 0.497 e. The van der Waals surface area contributed by atoms with Crippen LogP contribution in [-0.4, -0.2) is 39.3 Å². The first-order chi connectivity index (χ1) is 14.4. The van der Waals surface area contributed by atoms with Gasteiger partial charge in [-0.3, -0.25) is 9.10 Å². The van der Waals surface area contributed by atoms with Crippen molar-refractivity contribution in [1.29, 1.82) is 0 Å². The summed E-state index contributed by atoms with van der Waals surface area (Å²) in [6.45, 7) is 7.42. The highest BCUT2D eigenvalue weighted by atomic mass is 32.2. The maximum absolute atomic E-state index is 13.2. The molecule has 1 heterocycles. The van der Waals surface area contributed by atoms with Gasteiger partial charge in [0.15, 0.2) is 0 Å². The minimum atomic E-state index is -3.68. The van der Waals surface area contributed by atoms with Crippen molar-refractivity contribution in [2.45, 2.75) is 51.8 Å². The van der Waals surface area contributed by atoms with Gasteiger partial charge in [0.05, 0.1) is 25.1 Å². The molecule has 0 saturated carbocycles. The zero-order chi connectivity index (χ0) is 23.0. The monoisotopic (exact) mass is 446 g/mol. The number of nitrogens with one attached hydrogen (secondary N) is 1. The maximum Gasteiger partial charge on any atom is 0.244 e. The number of sulfonamides is 1. The summed E-state index contributed by atoms with van der Waals surface area (Å²) >= 11 is 0. The average Bonchev–Trinajstić information content (AvgIpc) is 2.67. The number of rotatable bonds is 6. The lowest BCUT2D eigenvalue weighted by Crippen LogP contribution is -2.50. The summed E-state index contributed by atoms with van der Waals surface area (Å²) in [4.78, 5) is 13.2. The minimum Gasteiger partial charge on any atom is -0.497 e. The number of anilines is 1. The fourth-order valence-electron chi connectivity index (χ4n) is 3.88. The first-order valence-electron chi connectivity index (χ1n) is 10.1. The second-order valence-electron chi connectivity index (χ2n) is 8.60. The summed E-state index contributed by atoms with van der Waals surface area (Å²) in [5.41, 5.74) is 1.77. The molecule has 2 aromatic rings. The lowest BCUT2D eigenvalue weighted by Gasteiger charge is -2.39. The van der Waals surface area contributed by atoms with Gasteiger partial charge in [-0.05, 0) is 58.0 Å². The van der Waals surface area contributed by atoms with E-state index in [0.29, 0.717) is 23.6 Å². The first kappa shape index (κ1) is 22.9. The molecule has 0 aliphatic carbocycles. The van der Waals surface area contributed by atoms with Crippen molar-refractivity contribution in [2.75, 3.05) is 17.7 Å². The Balaban J connectivity index is 1.91. The second kappa shape index (κ2) is 8.42. The Bertz CT molecular complexity index is 1060. The van der Waals surface area contributed by atoms with Gasteiger partial charge >= 0.3 is 0 Å². The number of hydrogen-bond donors (Lipinski definition) is 1. The van der Waals surface area contributed by atoms with Crippen LogP contribution in [0.2, 0.25) is 0 Å². The summed E-state index contributed by atoms with van der Waals surface area (Å²) in [6, 6.07) is 11.3. The Kier molecular flexibility index (Phi) is 6.23. The maximum atomic E-state index is 13.2. The van der Waals surface area contributed by atoms with Crippen LogP contribution in [0.15, 0.2) is 42.5 Å². The van der Waals surface area contributed by atoms with Crippen molar-refractivity contribution in [1.82, 2.24) is 5.32 Å². The van der Waals surface area contributed by atoms with Crippen molar-refractivity contribution in [3.05, 3.63) is 53.6 Å². The van der Waals surface area contributed by atoms with Crippen molar-refractivity contribution in [3.8, 4) is 11.5 Å². The van der Waals surface area contributed by atoms with Crippen molar-refractivity contribution in [2.24, 2.45) is 0 Å². The standard InChI is InChI=1S/C23H30N2O5S/c1-15-7-9-17(10-8-15)25(31(6,27)28)16(2)22(26)24-20-14-23(3,4)30-21-12-11-18(29-5)13-19(20)21/h7-13,16,20H,14H2,1-6H3,(H,24,26). The number of benzene rings is 2. The van der Waals surface area contributed by atoms with E-state index in [1.807, 2.05) is 51.1 Å². The fourth-order valence-corrected chi connectivity index (χ4v) is 5.06. The van der Waals surface area contributed by atoms with E-state index in [2.05, 4.69) is 5.32 Å². The Morgan fingerprint density at radius 2 is 1.87 bits per heavy atom. The number of nitrogens with zero attached hydrogens (tertiary/aromatic N) is 1. The van der Waals surface area contributed by atoms with Crippen molar-refractivity contribution < 1.29 is 22.7 Å². The first-order valence-corrected chi connectivity index (χ1v) is 12.0. The van der Waals surface area contributed by atoms with E-state index >= 15 is 0 Å². The molecule has 0 fully saturated rings. The van der Waals surface area contributed by atoms with Crippen LogP contribution in [0.3, 0.4) is 0 Å². The summed E-state index contributed by atoms with van der Waals surface area (Å²) in [5.74, 6) is 0.947. The van der Waals surface area contributed by atoms with Gasteiger partial charge in [0.25, 0.3) is 0 Å². The van der Waals surface area contributed by atoms with Crippen molar-refractivity contribution >= 4 is 21.6 Å². The molecule has 0 aromatic heterocycles. The number of methoxy groups -OCH3 is 1. The highest BCUT2D eigenvalue weighted by molar-refractivity contribution is 7.92. The van der Waals surface area contributed by atoms with Gasteiger partial charge < -0.3 is 14.8 Å². The molecular weight excluding hydrogens is 416 g/mol. The Morgan fingerprint density at radius 1 is 1.23 bits per heavy atom. The fraction of sp³-hybridized carbons (Fsp3) is 0.435. The van der Waals surface area contributed by atoms with Crippen LogP contribution in [0.4, 0.5) is 5.69 Å². The molecule has 168 valence electrons. The minimum absolute atomic E-state index is 0.344. The molecule has 3 rings (SSSR count). The third-order valence-electron chi connectivity index (χ3n) is 5.37. The van der Waals surface area contributed by atoms with Crippen LogP contribution in [0, 0.1) is 6.92 Å². The normalized spacial score (nSPS) is 18.3. The van der Waals surface area contributed by atoms with Gasteiger partial charge in [-0.2, -0.15) is 0 Å². The van der Waals surface area contributed by atoms with E-state index in [0.717, 1.165) is 21.7 Å². The quantitative estimate of drug-likeness (QED) is 0.733. The molecule has 0 saturated heterocycles. The molecule has 8 heteroatoms. The Labute approximate surface area is 184 Å². The number of aryl methyl sites for hydroxylation is 1. The molecule has 1 N–H and O–H groups in total. The number of amides is 1. The number of carbonyl (C=O) groups excluding carboxylic acids is 1. The lowest BCUT2D eigenvalue weighted by molar-refractivity contribution is -0.123. The molecule has 1 aliphatic rings. The summed E-state index contributed by atoms with van der Waals surface area (Å²) in [7, 11) is -2.10. The predicted molar refractivity (Wildman–Crippen MR) is 121 cm³/mol. The summed E-state index contributed by atoms with van der Waals surface area (Å²) in [5, 5.41) is 3.03. The highest BCUT2D eigenvalue weighted by Gasteiger charge is 2.37. The molecular formula is C23H30N2O5S. The van der Waals surface area contributed by atoms with Gasteiger partial charge in [0.1, 0.15) is 23.1 Å². The van der Waals surface area contributed by atoms with Crippen LogP contribution >= 0.6 is 0 Å². The van der Waals surface area contributed by atoms with E-state index in [4.69, 9.17) is 9.47 Å². The molecule has 31 heavy (non-hydrogen) atoms. The van der Waals surface area contributed by atoms with Crippen LogP contribution in [-0.2, 0) is 14.8 Å². The van der Waals surface area contributed by atoms with E-state index in [1.54, 1.807) is 26.2 Å². The SMILES string of the molecule is COc1ccc2c(c1)C(NC(=O)C(C)N(c1ccc(C)cc1)S(C)(=O)=O)CC(C)(C)O2. The van der Waals surface area contributed by atoms with Crippen LogP contribution in [0.5, 0.6) is 11.5 Å².